The maximum atomic E-state index is 6.06. The van der Waals surface area contributed by atoms with Crippen LogP contribution in [0.3, 0.4) is 0 Å². The molecule has 0 bridgehead atoms. The van der Waals surface area contributed by atoms with Crippen molar-refractivity contribution < 1.29 is 0 Å². The van der Waals surface area contributed by atoms with Crippen molar-refractivity contribution in [2.45, 2.75) is 24.9 Å². The number of fused-ring (bicyclic) bond motifs is 1. The molecular formula is C19H23ClN6. The zero-order valence-electron chi connectivity index (χ0n) is 14.5. The minimum Gasteiger partial charge on any atom is -0.371 e. The van der Waals surface area contributed by atoms with Gasteiger partial charge in [-0.2, -0.15) is 0 Å². The Morgan fingerprint density at radius 3 is 2.77 bits per heavy atom. The maximum absolute atomic E-state index is 6.06. The van der Waals surface area contributed by atoms with Gasteiger partial charge in [-0.3, -0.25) is 5.84 Å². The van der Waals surface area contributed by atoms with Gasteiger partial charge in [-0.15, -0.1) is 0 Å². The first kappa shape index (κ1) is 17.3. The van der Waals surface area contributed by atoms with Crippen molar-refractivity contribution in [2.24, 2.45) is 10.8 Å². The monoisotopic (exact) mass is 370 g/mol. The Labute approximate surface area is 158 Å². The van der Waals surface area contributed by atoms with Gasteiger partial charge in [0, 0.05) is 24.7 Å². The highest BCUT2D eigenvalue weighted by Gasteiger charge is 2.41. The van der Waals surface area contributed by atoms with Gasteiger partial charge < -0.3 is 10.7 Å². The van der Waals surface area contributed by atoms with Gasteiger partial charge in [0.15, 0.2) is 0 Å². The van der Waals surface area contributed by atoms with Crippen LogP contribution in [0.4, 0.5) is 11.4 Å². The minimum absolute atomic E-state index is 0.231. The Bertz CT molecular complexity index is 813. The fourth-order valence-corrected chi connectivity index (χ4v) is 3.73. The predicted molar refractivity (Wildman–Crippen MR) is 106 cm³/mol. The van der Waals surface area contributed by atoms with Crippen molar-refractivity contribution in [1.82, 2.24) is 15.9 Å². The summed E-state index contributed by atoms with van der Waals surface area (Å²) in [6, 6.07) is 15.9. The van der Waals surface area contributed by atoms with Gasteiger partial charge in [0.2, 0.25) is 0 Å². The third kappa shape index (κ3) is 3.54. The van der Waals surface area contributed by atoms with Crippen molar-refractivity contribution in [3.8, 4) is 0 Å². The molecule has 6 nitrogen and oxygen atoms in total. The molecular weight excluding hydrogens is 348 g/mol. The molecule has 0 atom stereocenters. The number of halogens is 1. The normalized spacial score (nSPS) is 18.8. The van der Waals surface area contributed by atoms with E-state index in [0.29, 0.717) is 6.54 Å². The van der Waals surface area contributed by atoms with Crippen LogP contribution in [0.5, 0.6) is 0 Å². The second kappa shape index (κ2) is 7.25. The van der Waals surface area contributed by atoms with E-state index in [2.05, 4.69) is 22.2 Å². The van der Waals surface area contributed by atoms with Crippen molar-refractivity contribution >= 4 is 28.8 Å². The number of hydrogen-bond acceptors (Lipinski definition) is 6. The Kier molecular flexibility index (Phi) is 4.82. The lowest BCUT2D eigenvalue weighted by Gasteiger charge is -2.44. The molecule has 2 aromatic rings. The van der Waals surface area contributed by atoms with E-state index in [1.165, 1.54) is 0 Å². The van der Waals surface area contributed by atoms with E-state index in [0.717, 1.165) is 53.7 Å². The summed E-state index contributed by atoms with van der Waals surface area (Å²) in [5.41, 5.74) is 9.52. The van der Waals surface area contributed by atoms with Crippen molar-refractivity contribution in [3.63, 3.8) is 0 Å². The fourth-order valence-electron chi connectivity index (χ4n) is 3.51. The van der Waals surface area contributed by atoms with E-state index in [1.807, 2.05) is 47.5 Å². The second-order valence-corrected chi connectivity index (χ2v) is 7.27. The first-order valence-corrected chi connectivity index (χ1v) is 9.22. The molecule has 1 saturated heterocycles. The van der Waals surface area contributed by atoms with Crippen LogP contribution in [0.2, 0.25) is 5.02 Å². The number of piperidine rings is 1. The summed E-state index contributed by atoms with van der Waals surface area (Å²) in [7, 11) is 0. The van der Waals surface area contributed by atoms with Crippen molar-refractivity contribution in [1.29, 1.82) is 0 Å². The summed E-state index contributed by atoms with van der Waals surface area (Å²) in [6.45, 7) is 2.30. The Morgan fingerprint density at radius 1 is 1.15 bits per heavy atom. The number of hydrazine groups is 2. The van der Waals surface area contributed by atoms with Crippen molar-refractivity contribution in [3.05, 3.63) is 59.1 Å². The van der Waals surface area contributed by atoms with Gasteiger partial charge in [0.1, 0.15) is 5.84 Å². The number of nitrogens with zero attached hydrogens (tertiary/aromatic N) is 2. The molecule has 26 heavy (non-hydrogen) atoms. The molecule has 0 aromatic heterocycles. The average molecular weight is 371 g/mol. The van der Waals surface area contributed by atoms with Crippen molar-refractivity contribution in [2.75, 3.05) is 18.4 Å². The van der Waals surface area contributed by atoms with Gasteiger partial charge in [-0.05, 0) is 42.7 Å². The maximum Gasteiger partial charge on any atom is 0.142 e. The number of aliphatic imine (C=N–C) groups is 1. The summed E-state index contributed by atoms with van der Waals surface area (Å²) < 4.78 is 0. The standard InChI is InChI=1S/C19H23ClN6/c20-15-5-3-4-14(12-15)13-22-25-18-19(8-10-26(21)11-9-19)24-17-7-2-1-6-16(17)23-18/h1-7,12,22,24H,8-11,13,21H2,(H,23,25). The molecule has 0 saturated carbocycles. The summed E-state index contributed by atoms with van der Waals surface area (Å²) in [5, 5.41) is 6.31. The predicted octanol–water partition coefficient (Wildman–Crippen LogP) is 2.80. The smallest absolute Gasteiger partial charge is 0.142 e. The molecule has 1 fully saturated rings. The van der Waals surface area contributed by atoms with Gasteiger partial charge in [0.25, 0.3) is 0 Å². The zero-order valence-corrected chi connectivity index (χ0v) is 15.3. The van der Waals surface area contributed by atoms with E-state index in [4.69, 9.17) is 22.4 Å². The molecule has 0 unspecified atom stereocenters. The molecule has 0 radical (unpaired) electrons. The Morgan fingerprint density at radius 2 is 1.96 bits per heavy atom. The summed E-state index contributed by atoms with van der Waals surface area (Å²) in [5.74, 6) is 6.88. The Hall–Kier alpha value is -2.12. The number of rotatable bonds is 3. The third-order valence-electron chi connectivity index (χ3n) is 5.00. The van der Waals surface area contributed by atoms with Crippen LogP contribution < -0.4 is 22.0 Å². The van der Waals surface area contributed by atoms with Crippen LogP contribution in [-0.2, 0) is 6.54 Å². The summed E-state index contributed by atoms with van der Waals surface area (Å²) in [6.07, 6.45) is 1.78. The molecule has 2 heterocycles. The van der Waals surface area contributed by atoms with E-state index >= 15 is 0 Å². The first-order valence-electron chi connectivity index (χ1n) is 8.84. The first-order chi connectivity index (χ1) is 12.6. The fraction of sp³-hybridized carbons (Fsp3) is 0.316. The van der Waals surface area contributed by atoms with E-state index in [9.17, 15) is 0 Å². The van der Waals surface area contributed by atoms with Gasteiger partial charge in [-0.1, -0.05) is 35.9 Å². The Balaban J connectivity index is 1.53. The molecule has 5 N–H and O–H groups in total. The number of anilines is 1. The van der Waals surface area contributed by atoms with Crippen LogP contribution in [-0.4, -0.2) is 29.5 Å². The molecule has 2 aliphatic heterocycles. The van der Waals surface area contributed by atoms with Crippen LogP contribution in [0.1, 0.15) is 18.4 Å². The molecule has 0 aliphatic carbocycles. The molecule has 136 valence electrons. The van der Waals surface area contributed by atoms with Crippen LogP contribution in [0.25, 0.3) is 0 Å². The van der Waals surface area contributed by atoms with E-state index in [-0.39, 0.29) is 5.54 Å². The van der Waals surface area contributed by atoms with Crippen LogP contribution in [0.15, 0.2) is 53.5 Å². The van der Waals surface area contributed by atoms with Gasteiger partial charge >= 0.3 is 0 Å². The molecule has 2 aromatic carbocycles. The highest BCUT2D eigenvalue weighted by molar-refractivity contribution is 6.30. The molecule has 4 rings (SSSR count). The lowest BCUT2D eigenvalue weighted by molar-refractivity contribution is 0.203. The SMILES string of the molecule is NN1CCC2(CC1)Nc1ccccc1N=C2NNCc1cccc(Cl)c1. The molecule has 0 amide bonds. The van der Waals surface area contributed by atoms with E-state index < -0.39 is 0 Å². The lowest BCUT2D eigenvalue weighted by atomic mass is 9.85. The van der Waals surface area contributed by atoms with Crippen LogP contribution >= 0.6 is 11.6 Å². The number of amidine groups is 1. The average Bonchev–Trinajstić information content (AvgIpc) is 2.65. The summed E-state index contributed by atoms with van der Waals surface area (Å²) in [4.78, 5) is 4.89. The number of nitrogens with one attached hydrogen (secondary N) is 3. The zero-order chi connectivity index (χ0) is 18.0. The topological polar surface area (TPSA) is 77.7 Å². The van der Waals surface area contributed by atoms with E-state index in [1.54, 1.807) is 0 Å². The second-order valence-electron chi connectivity index (χ2n) is 6.83. The van der Waals surface area contributed by atoms with Gasteiger partial charge in [0.05, 0.1) is 16.9 Å². The molecule has 1 spiro atoms. The number of nitrogens with two attached hydrogens (primary N) is 1. The number of benzene rings is 2. The lowest BCUT2D eigenvalue weighted by Crippen LogP contribution is -2.62. The van der Waals surface area contributed by atoms with Gasteiger partial charge in [-0.25, -0.2) is 15.4 Å². The molecule has 7 heteroatoms. The minimum atomic E-state index is -0.231. The summed E-state index contributed by atoms with van der Waals surface area (Å²) >= 11 is 6.06. The number of para-hydroxylation sites is 2. The largest absolute Gasteiger partial charge is 0.371 e. The third-order valence-corrected chi connectivity index (χ3v) is 5.24. The van der Waals surface area contributed by atoms with Crippen LogP contribution in [0, 0.1) is 0 Å². The number of hydrogen-bond donors (Lipinski definition) is 4. The molecule has 2 aliphatic rings. The highest BCUT2D eigenvalue weighted by Crippen LogP contribution is 2.37. The quantitative estimate of drug-likeness (QED) is 0.493. The highest BCUT2D eigenvalue weighted by atomic mass is 35.5.